The first-order chi connectivity index (χ1) is 9.38. The molecule has 0 heterocycles. The summed E-state index contributed by atoms with van der Waals surface area (Å²) in [6.07, 6.45) is 0. The zero-order chi connectivity index (χ0) is 15.2. The molecule has 0 spiro atoms. The Morgan fingerprint density at radius 1 is 1.20 bits per heavy atom. The van der Waals surface area contributed by atoms with E-state index in [1.54, 1.807) is 13.8 Å². The van der Waals surface area contributed by atoms with E-state index < -0.39 is 9.84 Å². The van der Waals surface area contributed by atoms with Gasteiger partial charge in [-0.2, -0.15) is 0 Å². The lowest BCUT2D eigenvalue weighted by Gasteiger charge is -2.17. The zero-order valence-corrected chi connectivity index (χ0v) is 13.5. The molecule has 0 bridgehead atoms. The molecule has 1 aromatic carbocycles. The van der Waals surface area contributed by atoms with Crippen LogP contribution >= 0.6 is 0 Å². The molecule has 1 unspecified atom stereocenters. The molecule has 0 aliphatic heterocycles. The molecular weight excluding hydrogens is 274 g/mol. The summed E-state index contributed by atoms with van der Waals surface area (Å²) in [5.74, 6) is 0.800. The van der Waals surface area contributed by atoms with Gasteiger partial charge in [-0.05, 0) is 33.4 Å². The first-order valence-electron chi connectivity index (χ1n) is 7.05. The SMILES string of the molecule is CCNC(C)c1ccccc1OCCS(=O)(=O)C(C)C. The number of para-hydroxylation sites is 1. The van der Waals surface area contributed by atoms with Gasteiger partial charge in [-0.15, -0.1) is 0 Å². The molecule has 20 heavy (non-hydrogen) atoms. The Morgan fingerprint density at radius 3 is 2.45 bits per heavy atom. The van der Waals surface area contributed by atoms with Crippen LogP contribution in [0.15, 0.2) is 24.3 Å². The van der Waals surface area contributed by atoms with Crippen LogP contribution in [0.4, 0.5) is 0 Å². The summed E-state index contributed by atoms with van der Waals surface area (Å²) in [5, 5.41) is 2.97. The standard InChI is InChI=1S/C15H25NO3S/c1-5-16-13(4)14-8-6-7-9-15(14)19-10-11-20(17,18)12(2)3/h6-9,12-13,16H,5,10-11H2,1-4H3. The van der Waals surface area contributed by atoms with Crippen LogP contribution in [-0.4, -0.2) is 32.6 Å². The molecule has 0 amide bonds. The van der Waals surface area contributed by atoms with Gasteiger partial charge in [0.15, 0.2) is 9.84 Å². The zero-order valence-electron chi connectivity index (χ0n) is 12.7. The monoisotopic (exact) mass is 299 g/mol. The topological polar surface area (TPSA) is 55.4 Å². The molecule has 0 saturated heterocycles. The summed E-state index contributed by atoms with van der Waals surface area (Å²) in [6, 6.07) is 7.91. The molecule has 4 nitrogen and oxygen atoms in total. The number of rotatable bonds is 8. The summed E-state index contributed by atoms with van der Waals surface area (Å²) in [4.78, 5) is 0. The van der Waals surface area contributed by atoms with E-state index >= 15 is 0 Å². The van der Waals surface area contributed by atoms with Crippen LogP contribution in [0.5, 0.6) is 5.75 Å². The van der Waals surface area contributed by atoms with Crippen LogP contribution in [0.2, 0.25) is 0 Å². The Morgan fingerprint density at radius 2 is 1.85 bits per heavy atom. The van der Waals surface area contributed by atoms with Crippen LogP contribution in [0.3, 0.4) is 0 Å². The predicted molar refractivity (Wildman–Crippen MR) is 83.0 cm³/mol. The van der Waals surface area contributed by atoms with Crippen molar-refractivity contribution in [3.63, 3.8) is 0 Å². The summed E-state index contributed by atoms with van der Waals surface area (Å²) < 4.78 is 29.2. The fraction of sp³-hybridized carbons (Fsp3) is 0.600. The highest BCUT2D eigenvalue weighted by Crippen LogP contribution is 2.24. The Balaban J connectivity index is 2.69. The smallest absolute Gasteiger partial charge is 0.155 e. The molecule has 1 aromatic rings. The van der Waals surface area contributed by atoms with E-state index in [0.717, 1.165) is 17.9 Å². The highest BCUT2D eigenvalue weighted by molar-refractivity contribution is 7.91. The van der Waals surface area contributed by atoms with E-state index in [-0.39, 0.29) is 23.7 Å². The number of ether oxygens (including phenoxy) is 1. The van der Waals surface area contributed by atoms with Crippen molar-refractivity contribution in [2.24, 2.45) is 0 Å². The quantitative estimate of drug-likeness (QED) is 0.801. The number of benzene rings is 1. The molecule has 1 N–H and O–H groups in total. The molecule has 0 fully saturated rings. The first kappa shape index (κ1) is 17.0. The van der Waals surface area contributed by atoms with Crippen molar-refractivity contribution >= 4 is 9.84 Å². The maximum Gasteiger partial charge on any atom is 0.155 e. The van der Waals surface area contributed by atoms with Crippen LogP contribution in [0.1, 0.15) is 39.3 Å². The van der Waals surface area contributed by atoms with Crippen LogP contribution in [0, 0.1) is 0 Å². The van der Waals surface area contributed by atoms with Crippen molar-refractivity contribution in [3.05, 3.63) is 29.8 Å². The van der Waals surface area contributed by atoms with E-state index in [2.05, 4.69) is 19.2 Å². The van der Waals surface area contributed by atoms with E-state index in [9.17, 15) is 8.42 Å². The normalized spacial score (nSPS) is 13.4. The largest absolute Gasteiger partial charge is 0.492 e. The number of sulfone groups is 1. The number of nitrogens with one attached hydrogen (secondary N) is 1. The van der Waals surface area contributed by atoms with Gasteiger partial charge in [-0.25, -0.2) is 8.42 Å². The first-order valence-corrected chi connectivity index (χ1v) is 8.76. The minimum absolute atomic E-state index is 0.0502. The molecule has 1 atom stereocenters. The molecule has 0 saturated carbocycles. The van der Waals surface area contributed by atoms with Gasteiger partial charge < -0.3 is 10.1 Å². The van der Waals surface area contributed by atoms with Gasteiger partial charge in [-0.3, -0.25) is 0 Å². The average molecular weight is 299 g/mol. The van der Waals surface area contributed by atoms with Crippen molar-refractivity contribution in [2.45, 2.75) is 39.0 Å². The van der Waals surface area contributed by atoms with Crippen LogP contribution in [0.25, 0.3) is 0 Å². The molecule has 114 valence electrons. The molecule has 0 aromatic heterocycles. The fourth-order valence-corrected chi connectivity index (χ4v) is 2.68. The predicted octanol–water partition coefficient (Wildman–Crippen LogP) is 2.56. The summed E-state index contributed by atoms with van der Waals surface area (Å²) in [6.45, 7) is 8.56. The van der Waals surface area contributed by atoms with Crippen molar-refractivity contribution in [3.8, 4) is 5.75 Å². The lowest BCUT2D eigenvalue weighted by Crippen LogP contribution is -2.23. The van der Waals surface area contributed by atoms with Gasteiger partial charge in [0.2, 0.25) is 0 Å². The second kappa shape index (κ2) is 7.64. The number of hydrogen-bond acceptors (Lipinski definition) is 4. The van der Waals surface area contributed by atoms with Crippen molar-refractivity contribution in [2.75, 3.05) is 18.9 Å². The van der Waals surface area contributed by atoms with E-state index in [1.165, 1.54) is 0 Å². The fourth-order valence-electron chi connectivity index (χ4n) is 1.89. The highest BCUT2D eigenvalue weighted by Gasteiger charge is 2.17. The third-order valence-electron chi connectivity index (χ3n) is 3.24. The van der Waals surface area contributed by atoms with Gasteiger partial charge in [0.05, 0.1) is 11.0 Å². The maximum absolute atomic E-state index is 11.7. The Labute approximate surface area is 122 Å². The average Bonchev–Trinajstić information content (AvgIpc) is 2.39. The Hall–Kier alpha value is -1.07. The molecule has 0 aliphatic carbocycles. The summed E-state index contributed by atoms with van der Waals surface area (Å²) in [5.41, 5.74) is 1.05. The maximum atomic E-state index is 11.7. The second-order valence-corrected chi connectivity index (χ2v) is 7.76. The Bertz CT molecular complexity index is 512. The molecule has 1 rings (SSSR count). The minimum atomic E-state index is -3.05. The molecule has 5 heteroatoms. The van der Waals surface area contributed by atoms with Gasteiger partial charge >= 0.3 is 0 Å². The molecular formula is C15H25NO3S. The van der Waals surface area contributed by atoms with Crippen molar-refractivity contribution in [1.82, 2.24) is 5.32 Å². The second-order valence-electron chi connectivity index (χ2n) is 5.08. The van der Waals surface area contributed by atoms with E-state index in [1.807, 2.05) is 24.3 Å². The number of hydrogen-bond donors (Lipinski definition) is 1. The van der Waals surface area contributed by atoms with E-state index in [4.69, 9.17) is 4.74 Å². The minimum Gasteiger partial charge on any atom is -0.492 e. The highest BCUT2D eigenvalue weighted by atomic mass is 32.2. The van der Waals surface area contributed by atoms with Gasteiger partial charge in [0, 0.05) is 11.6 Å². The van der Waals surface area contributed by atoms with Gasteiger partial charge in [0.25, 0.3) is 0 Å². The van der Waals surface area contributed by atoms with Gasteiger partial charge in [0.1, 0.15) is 12.4 Å². The summed E-state index contributed by atoms with van der Waals surface area (Å²) in [7, 11) is -3.05. The third kappa shape index (κ3) is 4.80. The lowest BCUT2D eigenvalue weighted by molar-refractivity contribution is 0.333. The lowest BCUT2D eigenvalue weighted by atomic mass is 10.1. The molecule has 0 aliphatic rings. The van der Waals surface area contributed by atoms with Crippen LogP contribution in [-0.2, 0) is 9.84 Å². The van der Waals surface area contributed by atoms with Crippen LogP contribution < -0.4 is 10.1 Å². The Kier molecular flexibility index (Phi) is 6.49. The van der Waals surface area contributed by atoms with Gasteiger partial charge in [-0.1, -0.05) is 25.1 Å². The van der Waals surface area contributed by atoms with Crippen molar-refractivity contribution < 1.29 is 13.2 Å². The summed E-state index contributed by atoms with van der Waals surface area (Å²) >= 11 is 0. The molecule has 0 radical (unpaired) electrons. The third-order valence-corrected chi connectivity index (χ3v) is 5.41. The van der Waals surface area contributed by atoms with Crippen molar-refractivity contribution in [1.29, 1.82) is 0 Å². The van der Waals surface area contributed by atoms with E-state index in [0.29, 0.717) is 0 Å².